The van der Waals surface area contributed by atoms with Gasteiger partial charge in [0.25, 0.3) is 0 Å². The minimum Gasteiger partial charge on any atom is -0.376 e. The molecule has 26 heavy (non-hydrogen) atoms. The van der Waals surface area contributed by atoms with Crippen LogP contribution in [0.5, 0.6) is 0 Å². The van der Waals surface area contributed by atoms with E-state index in [9.17, 15) is 4.79 Å². The van der Waals surface area contributed by atoms with E-state index in [0.29, 0.717) is 6.42 Å². The summed E-state index contributed by atoms with van der Waals surface area (Å²) in [6.45, 7) is 2.45. The minimum atomic E-state index is 0.108. The summed E-state index contributed by atoms with van der Waals surface area (Å²) in [7, 11) is 0. The molecule has 2 aliphatic rings. The molecule has 1 amide bonds. The molecule has 2 fully saturated rings. The lowest BCUT2D eigenvalue weighted by Crippen LogP contribution is -2.31. The molecule has 1 aliphatic heterocycles. The Morgan fingerprint density at radius 3 is 2.15 bits per heavy atom. The fraction of sp³-hybridized carbons (Fsp3) is 0.435. The van der Waals surface area contributed by atoms with Crippen LogP contribution in [0.1, 0.15) is 42.7 Å². The highest BCUT2D eigenvalue weighted by atomic mass is 16.5. The highest BCUT2D eigenvalue weighted by Gasteiger charge is 2.30. The van der Waals surface area contributed by atoms with Crippen LogP contribution in [-0.4, -0.2) is 36.6 Å². The molecule has 1 saturated carbocycles. The molecular weight excluding hydrogens is 322 g/mol. The second-order valence-electron chi connectivity index (χ2n) is 7.61. The smallest absolute Gasteiger partial charge is 0.223 e. The van der Waals surface area contributed by atoms with Crippen LogP contribution in [0, 0.1) is 5.92 Å². The maximum atomic E-state index is 13.0. The molecular formula is C23H27NO2. The van der Waals surface area contributed by atoms with Crippen LogP contribution >= 0.6 is 0 Å². The molecule has 2 aromatic rings. The van der Waals surface area contributed by atoms with Crippen LogP contribution in [0.15, 0.2) is 60.7 Å². The van der Waals surface area contributed by atoms with E-state index < -0.39 is 0 Å². The van der Waals surface area contributed by atoms with Crippen molar-refractivity contribution < 1.29 is 9.53 Å². The van der Waals surface area contributed by atoms with Gasteiger partial charge in [-0.1, -0.05) is 60.7 Å². The Bertz CT molecular complexity index is 672. The molecule has 3 nitrogen and oxygen atoms in total. The quantitative estimate of drug-likeness (QED) is 0.748. The average molecular weight is 349 g/mol. The van der Waals surface area contributed by atoms with Crippen molar-refractivity contribution in [2.75, 3.05) is 19.7 Å². The van der Waals surface area contributed by atoms with Gasteiger partial charge in [0, 0.05) is 32.0 Å². The molecule has 0 radical (unpaired) electrons. The molecule has 0 aromatic heterocycles. The molecule has 1 aliphatic carbocycles. The van der Waals surface area contributed by atoms with Gasteiger partial charge in [0.15, 0.2) is 0 Å². The zero-order valence-corrected chi connectivity index (χ0v) is 15.2. The maximum absolute atomic E-state index is 13.0. The third kappa shape index (κ3) is 4.34. The van der Waals surface area contributed by atoms with E-state index >= 15 is 0 Å². The van der Waals surface area contributed by atoms with Crippen LogP contribution in [0.25, 0.3) is 0 Å². The van der Waals surface area contributed by atoms with Crippen LogP contribution in [0.2, 0.25) is 0 Å². The molecule has 1 heterocycles. The summed E-state index contributed by atoms with van der Waals surface area (Å²) in [5.74, 6) is 1.12. The topological polar surface area (TPSA) is 29.5 Å². The highest BCUT2D eigenvalue weighted by molar-refractivity contribution is 5.78. The van der Waals surface area contributed by atoms with Crippen molar-refractivity contribution in [2.45, 2.75) is 37.7 Å². The zero-order chi connectivity index (χ0) is 17.8. The van der Waals surface area contributed by atoms with Gasteiger partial charge < -0.3 is 9.64 Å². The number of carbonyl (C=O) groups is 1. The summed E-state index contributed by atoms with van der Waals surface area (Å²) in [5.41, 5.74) is 2.40. The Kier molecular flexibility index (Phi) is 5.35. The predicted octanol–water partition coefficient (Wildman–Crippen LogP) is 4.24. The monoisotopic (exact) mass is 349 g/mol. The van der Waals surface area contributed by atoms with Gasteiger partial charge in [-0.05, 0) is 36.3 Å². The standard InChI is InChI=1S/C23H27NO2/c25-23(24-14-13-21(16-24)26-17-18-11-12-18)15-22(19-7-3-1-4-8-19)20-9-5-2-6-10-20/h1-10,18,21-22H,11-17H2. The third-order valence-electron chi connectivity index (χ3n) is 5.54. The van der Waals surface area contributed by atoms with E-state index in [1.165, 1.54) is 24.0 Å². The minimum absolute atomic E-state index is 0.108. The number of benzene rings is 2. The molecule has 1 atom stereocenters. The van der Waals surface area contributed by atoms with Gasteiger partial charge in [-0.3, -0.25) is 4.79 Å². The Morgan fingerprint density at radius 1 is 0.962 bits per heavy atom. The molecule has 3 heteroatoms. The fourth-order valence-electron chi connectivity index (χ4n) is 3.75. The van der Waals surface area contributed by atoms with E-state index in [1.807, 2.05) is 41.3 Å². The lowest BCUT2D eigenvalue weighted by atomic mass is 9.88. The van der Waals surface area contributed by atoms with Crippen molar-refractivity contribution in [1.82, 2.24) is 4.90 Å². The van der Waals surface area contributed by atoms with Gasteiger partial charge in [-0.25, -0.2) is 0 Å². The summed E-state index contributed by atoms with van der Waals surface area (Å²) >= 11 is 0. The van der Waals surface area contributed by atoms with Crippen molar-refractivity contribution in [3.8, 4) is 0 Å². The van der Waals surface area contributed by atoms with Crippen molar-refractivity contribution >= 4 is 5.91 Å². The Morgan fingerprint density at radius 2 is 1.58 bits per heavy atom. The van der Waals surface area contributed by atoms with Crippen LogP contribution in [0.3, 0.4) is 0 Å². The molecule has 4 rings (SSSR count). The van der Waals surface area contributed by atoms with Crippen molar-refractivity contribution in [2.24, 2.45) is 5.92 Å². The first-order valence-corrected chi connectivity index (χ1v) is 9.79. The summed E-state index contributed by atoms with van der Waals surface area (Å²) in [6.07, 6.45) is 4.34. The Hall–Kier alpha value is -2.13. The van der Waals surface area contributed by atoms with Crippen LogP contribution < -0.4 is 0 Å². The van der Waals surface area contributed by atoms with Gasteiger partial charge >= 0.3 is 0 Å². The number of nitrogens with zero attached hydrogens (tertiary/aromatic N) is 1. The average Bonchev–Trinajstić information content (AvgIpc) is 3.41. The van der Waals surface area contributed by atoms with Gasteiger partial charge in [0.1, 0.15) is 0 Å². The van der Waals surface area contributed by atoms with Crippen molar-refractivity contribution in [3.05, 3.63) is 71.8 Å². The van der Waals surface area contributed by atoms with E-state index in [1.54, 1.807) is 0 Å². The third-order valence-corrected chi connectivity index (χ3v) is 5.54. The van der Waals surface area contributed by atoms with E-state index in [0.717, 1.165) is 32.0 Å². The number of hydrogen-bond donors (Lipinski definition) is 0. The first-order valence-electron chi connectivity index (χ1n) is 9.79. The summed E-state index contributed by atoms with van der Waals surface area (Å²) < 4.78 is 5.99. The van der Waals surface area contributed by atoms with Gasteiger partial charge in [-0.15, -0.1) is 0 Å². The van der Waals surface area contributed by atoms with Crippen molar-refractivity contribution in [1.29, 1.82) is 0 Å². The summed E-state index contributed by atoms with van der Waals surface area (Å²) in [5, 5.41) is 0. The number of hydrogen-bond acceptors (Lipinski definition) is 2. The first kappa shape index (κ1) is 17.3. The molecule has 0 bridgehead atoms. The Labute approximate surface area is 156 Å². The number of ether oxygens (including phenoxy) is 1. The van der Waals surface area contributed by atoms with Gasteiger partial charge in [-0.2, -0.15) is 0 Å². The highest BCUT2D eigenvalue weighted by Crippen LogP contribution is 2.31. The van der Waals surface area contributed by atoms with Gasteiger partial charge in [0.05, 0.1) is 6.10 Å². The fourth-order valence-corrected chi connectivity index (χ4v) is 3.75. The van der Waals surface area contributed by atoms with Crippen molar-refractivity contribution in [3.63, 3.8) is 0 Å². The molecule has 1 saturated heterocycles. The summed E-state index contributed by atoms with van der Waals surface area (Å²) in [6, 6.07) is 20.7. The molecule has 1 unspecified atom stereocenters. The number of rotatable bonds is 7. The first-order chi connectivity index (χ1) is 12.8. The van der Waals surface area contributed by atoms with Crippen LogP contribution in [0.4, 0.5) is 0 Å². The summed E-state index contributed by atoms with van der Waals surface area (Å²) in [4.78, 5) is 15.0. The molecule has 0 N–H and O–H groups in total. The van der Waals surface area contributed by atoms with Gasteiger partial charge in [0.2, 0.25) is 5.91 Å². The number of carbonyl (C=O) groups excluding carboxylic acids is 1. The van der Waals surface area contributed by atoms with E-state index in [-0.39, 0.29) is 17.9 Å². The normalized spacial score (nSPS) is 19.9. The number of likely N-dealkylation sites (tertiary alicyclic amines) is 1. The second kappa shape index (κ2) is 8.05. The lowest BCUT2D eigenvalue weighted by Gasteiger charge is -2.22. The molecule has 136 valence electrons. The predicted molar refractivity (Wildman–Crippen MR) is 103 cm³/mol. The second-order valence-corrected chi connectivity index (χ2v) is 7.61. The lowest BCUT2D eigenvalue weighted by molar-refractivity contribution is -0.130. The Balaban J connectivity index is 1.41. The van der Waals surface area contributed by atoms with E-state index in [2.05, 4.69) is 24.3 Å². The number of amides is 1. The zero-order valence-electron chi connectivity index (χ0n) is 15.2. The SMILES string of the molecule is O=C(CC(c1ccccc1)c1ccccc1)N1CCC(OCC2CC2)C1. The largest absolute Gasteiger partial charge is 0.376 e. The molecule has 2 aromatic carbocycles. The van der Waals surface area contributed by atoms with E-state index in [4.69, 9.17) is 4.74 Å². The maximum Gasteiger partial charge on any atom is 0.223 e. The molecule has 0 spiro atoms. The van der Waals surface area contributed by atoms with Crippen LogP contribution in [-0.2, 0) is 9.53 Å².